The van der Waals surface area contributed by atoms with E-state index in [9.17, 15) is 0 Å². The summed E-state index contributed by atoms with van der Waals surface area (Å²) >= 11 is 4.03. The van der Waals surface area contributed by atoms with Crippen molar-refractivity contribution in [3.63, 3.8) is 0 Å². The molecule has 1 fully saturated rings. The first-order chi connectivity index (χ1) is 8.34. The van der Waals surface area contributed by atoms with E-state index in [0.29, 0.717) is 5.25 Å². The molecule has 17 heavy (non-hydrogen) atoms. The molecule has 3 heterocycles. The van der Waals surface area contributed by atoms with Gasteiger partial charge in [-0.2, -0.15) is 11.8 Å². The summed E-state index contributed by atoms with van der Waals surface area (Å²) in [5.74, 6) is 4.72. The Morgan fingerprint density at radius 1 is 1.29 bits per heavy atom. The molecule has 2 aliphatic rings. The lowest BCUT2D eigenvalue weighted by Gasteiger charge is -2.23. The Morgan fingerprint density at radius 3 is 3.06 bits per heavy atom. The van der Waals surface area contributed by atoms with Gasteiger partial charge in [-0.1, -0.05) is 0 Å². The van der Waals surface area contributed by atoms with Gasteiger partial charge in [-0.15, -0.1) is 11.8 Å². The monoisotopic (exact) mass is 267 g/mol. The van der Waals surface area contributed by atoms with Crippen molar-refractivity contribution in [2.24, 2.45) is 0 Å². The summed E-state index contributed by atoms with van der Waals surface area (Å²) in [5.41, 5.74) is 3.80. The van der Waals surface area contributed by atoms with Crippen LogP contribution in [0.15, 0.2) is 0 Å². The second kappa shape index (κ2) is 5.16. The number of hydrogen-bond donors (Lipinski definition) is 1. The van der Waals surface area contributed by atoms with Crippen LogP contribution in [0.3, 0.4) is 0 Å². The summed E-state index contributed by atoms with van der Waals surface area (Å²) in [4.78, 5) is 9.53. The van der Waals surface area contributed by atoms with E-state index in [0.717, 1.165) is 31.1 Å². The highest BCUT2D eigenvalue weighted by Crippen LogP contribution is 2.35. The van der Waals surface area contributed by atoms with Gasteiger partial charge in [-0.3, -0.25) is 0 Å². The van der Waals surface area contributed by atoms with Gasteiger partial charge in [0.1, 0.15) is 5.82 Å². The van der Waals surface area contributed by atoms with E-state index in [1.807, 2.05) is 23.5 Å². The zero-order valence-corrected chi connectivity index (χ0v) is 11.7. The summed E-state index contributed by atoms with van der Waals surface area (Å²) in [6, 6.07) is 0. The van der Waals surface area contributed by atoms with Crippen molar-refractivity contribution in [3.05, 3.63) is 22.8 Å². The fourth-order valence-corrected chi connectivity index (χ4v) is 4.95. The molecule has 3 rings (SSSR count). The average Bonchev–Trinajstić information content (AvgIpc) is 2.40. The average molecular weight is 267 g/mol. The molecular formula is C12H17N3S2. The molecule has 0 amide bonds. The second-order valence-electron chi connectivity index (χ2n) is 4.45. The molecule has 5 heteroatoms. The van der Waals surface area contributed by atoms with Crippen LogP contribution in [0.4, 0.5) is 0 Å². The zero-order valence-electron chi connectivity index (χ0n) is 10.0. The number of hydrogen-bond acceptors (Lipinski definition) is 5. The van der Waals surface area contributed by atoms with Crippen molar-refractivity contribution in [2.75, 3.05) is 23.8 Å². The van der Waals surface area contributed by atoms with Crippen molar-refractivity contribution in [3.8, 4) is 0 Å². The van der Waals surface area contributed by atoms with Crippen LogP contribution in [-0.4, -0.2) is 33.8 Å². The lowest BCUT2D eigenvalue weighted by molar-refractivity contribution is 0.612. The molecule has 2 aliphatic heterocycles. The zero-order chi connectivity index (χ0) is 11.7. The Balaban J connectivity index is 1.92. The van der Waals surface area contributed by atoms with E-state index in [4.69, 9.17) is 9.97 Å². The highest BCUT2D eigenvalue weighted by Gasteiger charge is 2.22. The van der Waals surface area contributed by atoms with Crippen LogP contribution in [0.5, 0.6) is 0 Å². The second-order valence-corrected chi connectivity index (χ2v) is 6.91. The molecule has 1 N–H and O–H groups in total. The summed E-state index contributed by atoms with van der Waals surface area (Å²) in [7, 11) is 0. The predicted octanol–water partition coefficient (Wildman–Crippen LogP) is 1.95. The van der Waals surface area contributed by atoms with Crippen LogP contribution in [0.1, 0.15) is 28.0 Å². The van der Waals surface area contributed by atoms with Gasteiger partial charge in [0, 0.05) is 29.5 Å². The molecule has 0 aromatic carbocycles. The Hall–Kier alpha value is -0.260. The van der Waals surface area contributed by atoms with E-state index in [-0.39, 0.29) is 0 Å². The van der Waals surface area contributed by atoms with Crippen molar-refractivity contribution in [1.29, 1.82) is 0 Å². The van der Waals surface area contributed by atoms with Gasteiger partial charge >= 0.3 is 0 Å². The van der Waals surface area contributed by atoms with Crippen LogP contribution in [0, 0.1) is 6.92 Å². The van der Waals surface area contributed by atoms with Gasteiger partial charge in [0.25, 0.3) is 0 Å². The number of fused-ring (bicyclic) bond motifs is 1. The summed E-state index contributed by atoms with van der Waals surface area (Å²) < 4.78 is 0. The maximum absolute atomic E-state index is 4.79. The molecular weight excluding hydrogens is 250 g/mol. The minimum atomic E-state index is 0.500. The molecule has 0 aliphatic carbocycles. The molecule has 1 saturated heterocycles. The van der Waals surface area contributed by atoms with Gasteiger partial charge in [-0.25, -0.2) is 9.97 Å². The Morgan fingerprint density at radius 2 is 2.24 bits per heavy atom. The molecule has 3 nitrogen and oxygen atoms in total. The summed E-state index contributed by atoms with van der Waals surface area (Å²) in [6.07, 6.45) is 1.08. The summed E-state index contributed by atoms with van der Waals surface area (Å²) in [6.45, 7) is 4.11. The molecule has 0 radical (unpaired) electrons. The smallest absolute Gasteiger partial charge is 0.142 e. The van der Waals surface area contributed by atoms with Crippen LogP contribution in [-0.2, 0) is 13.0 Å². The molecule has 1 unspecified atom stereocenters. The number of thioether (sulfide) groups is 2. The molecule has 1 aromatic rings. The molecule has 1 aromatic heterocycles. The SMILES string of the molecule is Cc1nc(C2CSCCS2)nc2c1CCNC2. The fraction of sp³-hybridized carbons (Fsp3) is 0.667. The minimum Gasteiger partial charge on any atom is -0.311 e. The van der Waals surface area contributed by atoms with Crippen LogP contribution in [0.2, 0.25) is 0 Å². The van der Waals surface area contributed by atoms with Gasteiger partial charge in [0.05, 0.1) is 10.9 Å². The number of nitrogens with zero attached hydrogens (tertiary/aromatic N) is 2. The Labute approximate surface area is 111 Å². The van der Waals surface area contributed by atoms with Crippen LogP contribution in [0.25, 0.3) is 0 Å². The predicted molar refractivity (Wildman–Crippen MR) is 74.7 cm³/mol. The van der Waals surface area contributed by atoms with Gasteiger partial charge in [0.2, 0.25) is 0 Å². The molecule has 92 valence electrons. The minimum absolute atomic E-state index is 0.500. The third-order valence-electron chi connectivity index (χ3n) is 3.26. The lowest BCUT2D eigenvalue weighted by atomic mass is 10.0. The van der Waals surface area contributed by atoms with E-state index in [2.05, 4.69) is 12.2 Å². The van der Waals surface area contributed by atoms with E-state index < -0.39 is 0 Å². The Bertz CT molecular complexity index is 416. The van der Waals surface area contributed by atoms with Crippen molar-refractivity contribution < 1.29 is 0 Å². The normalized spacial score (nSPS) is 24.4. The van der Waals surface area contributed by atoms with Gasteiger partial charge in [0.15, 0.2) is 0 Å². The fourth-order valence-electron chi connectivity index (χ4n) is 2.35. The molecule has 0 saturated carbocycles. The van der Waals surface area contributed by atoms with Crippen molar-refractivity contribution in [2.45, 2.75) is 25.1 Å². The first-order valence-electron chi connectivity index (χ1n) is 6.11. The maximum atomic E-state index is 4.79. The number of aryl methyl sites for hydroxylation is 1. The van der Waals surface area contributed by atoms with Crippen molar-refractivity contribution >= 4 is 23.5 Å². The molecule has 0 bridgehead atoms. The quantitative estimate of drug-likeness (QED) is 0.842. The van der Waals surface area contributed by atoms with Crippen LogP contribution < -0.4 is 5.32 Å². The van der Waals surface area contributed by atoms with E-state index >= 15 is 0 Å². The van der Waals surface area contributed by atoms with E-state index in [1.54, 1.807) is 0 Å². The van der Waals surface area contributed by atoms with Gasteiger partial charge in [-0.05, 0) is 25.5 Å². The topological polar surface area (TPSA) is 37.8 Å². The first-order valence-corrected chi connectivity index (χ1v) is 8.31. The van der Waals surface area contributed by atoms with Crippen molar-refractivity contribution in [1.82, 2.24) is 15.3 Å². The standard InChI is InChI=1S/C12H17N3S2/c1-8-9-2-3-13-6-10(9)15-12(14-8)11-7-16-4-5-17-11/h11,13H,2-7H2,1H3. The first kappa shape index (κ1) is 11.8. The lowest BCUT2D eigenvalue weighted by Crippen LogP contribution is -2.27. The maximum Gasteiger partial charge on any atom is 0.142 e. The number of rotatable bonds is 1. The van der Waals surface area contributed by atoms with Gasteiger partial charge < -0.3 is 5.32 Å². The number of nitrogens with one attached hydrogen (secondary N) is 1. The Kier molecular flexibility index (Phi) is 3.59. The van der Waals surface area contributed by atoms with Crippen LogP contribution >= 0.6 is 23.5 Å². The highest BCUT2D eigenvalue weighted by atomic mass is 32.2. The molecule has 0 spiro atoms. The highest BCUT2D eigenvalue weighted by molar-refractivity contribution is 8.06. The third-order valence-corrected chi connectivity index (χ3v) is 6.02. The number of aromatic nitrogens is 2. The third kappa shape index (κ3) is 2.46. The largest absolute Gasteiger partial charge is 0.311 e. The summed E-state index contributed by atoms with van der Waals surface area (Å²) in [5, 5.41) is 3.90. The molecule has 1 atom stereocenters. The van der Waals surface area contributed by atoms with E-state index in [1.165, 1.54) is 28.5 Å².